The summed E-state index contributed by atoms with van der Waals surface area (Å²) in [6.45, 7) is 9.11. The molecule has 0 radical (unpaired) electrons. The summed E-state index contributed by atoms with van der Waals surface area (Å²) in [6, 6.07) is 4.59. The summed E-state index contributed by atoms with van der Waals surface area (Å²) in [5, 5.41) is 8.61. The molecule has 4 rings (SSSR count). The van der Waals surface area contributed by atoms with Crippen molar-refractivity contribution in [2.24, 2.45) is 0 Å². The highest BCUT2D eigenvalue weighted by molar-refractivity contribution is 6.06. The van der Waals surface area contributed by atoms with Crippen LogP contribution in [0, 0.1) is 19.7 Å². The van der Waals surface area contributed by atoms with Gasteiger partial charge in [-0.05, 0) is 63.4 Å². The van der Waals surface area contributed by atoms with Gasteiger partial charge in [0.05, 0.1) is 22.8 Å². The maximum Gasteiger partial charge on any atom is 0.254 e. The third-order valence-corrected chi connectivity index (χ3v) is 5.75. The lowest BCUT2D eigenvalue weighted by molar-refractivity contribution is 0.0940. The maximum absolute atomic E-state index is 14.9. The summed E-state index contributed by atoms with van der Waals surface area (Å²) < 4.78 is 20.5. The molecule has 3 N–H and O–H groups in total. The van der Waals surface area contributed by atoms with Gasteiger partial charge in [0.15, 0.2) is 0 Å². The Morgan fingerprint density at radius 2 is 1.77 bits per heavy atom. The lowest BCUT2D eigenvalue weighted by atomic mass is 9.89. The summed E-state index contributed by atoms with van der Waals surface area (Å²) in [5.74, 6) is 0.250. The molecule has 3 aromatic rings. The van der Waals surface area contributed by atoms with E-state index in [4.69, 9.17) is 4.42 Å². The first-order valence-electron chi connectivity index (χ1n) is 10.1. The molecular formula is C23H24FN3O4. The standard InChI is InChI=1S/C23H24FN3O4/c1-6-13(14-8-7-11(3)31-14)25-18-19(21(29)20(18)28)26-17-12(24)9-10(2)16-15(17)22(30)27-23(16,4)5/h7-9,13,25-26H,6H2,1-5H3,(H,27,30). The van der Waals surface area contributed by atoms with Gasteiger partial charge in [-0.15, -0.1) is 0 Å². The van der Waals surface area contributed by atoms with Gasteiger partial charge in [-0.1, -0.05) is 6.92 Å². The number of rotatable bonds is 6. The number of nitrogens with one attached hydrogen (secondary N) is 3. The van der Waals surface area contributed by atoms with Crippen LogP contribution in [0.1, 0.15) is 66.2 Å². The Bertz CT molecular complexity index is 1280. The fraction of sp³-hybridized carbons (Fsp3) is 0.348. The number of anilines is 3. The predicted octanol–water partition coefficient (Wildman–Crippen LogP) is 3.92. The Morgan fingerprint density at radius 1 is 1.10 bits per heavy atom. The molecule has 1 aromatic heterocycles. The van der Waals surface area contributed by atoms with Crippen LogP contribution in [-0.4, -0.2) is 5.91 Å². The summed E-state index contributed by atoms with van der Waals surface area (Å²) >= 11 is 0. The Labute approximate surface area is 178 Å². The fourth-order valence-electron chi connectivity index (χ4n) is 4.30. The van der Waals surface area contributed by atoms with Crippen molar-refractivity contribution in [2.75, 3.05) is 10.6 Å². The minimum Gasteiger partial charge on any atom is -0.464 e. The molecule has 0 saturated heterocycles. The average molecular weight is 425 g/mol. The monoisotopic (exact) mass is 425 g/mol. The molecule has 0 fully saturated rings. The van der Waals surface area contributed by atoms with Crippen LogP contribution in [0.3, 0.4) is 0 Å². The molecule has 7 nitrogen and oxygen atoms in total. The van der Waals surface area contributed by atoms with E-state index >= 15 is 0 Å². The normalized spacial score (nSPS) is 15.6. The summed E-state index contributed by atoms with van der Waals surface area (Å²) in [5.41, 5.74) is -0.823. The number of carbonyl (C=O) groups is 1. The maximum atomic E-state index is 14.9. The molecular weight excluding hydrogens is 401 g/mol. The van der Waals surface area contributed by atoms with Gasteiger partial charge in [0.25, 0.3) is 16.8 Å². The van der Waals surface area contributed by atoms with Crippen molar-refractivity contribution in [1.82, 2.24) is 5.32 Å². The molecule has 1 atom stereocenters. The zero-order valence-electron chi connectivity index (χ0n) is 18.0. The number of hydrogen-bond donors (Lipinski definition) is 3. The van der Waals surface area contributed by atoms with Crippen molar-refractivity contribution in [3.63, 3.8) is 0 Å². The number of fused-ring (bicyclic) bond motifs is 1. The van der Waals surface area contributed by atoms with Gasteiger partial charge in [-0.2, -0.15) is 0 Å². The van der Waals surface area contributed by atoms with Crippen molar-refractivity contribution in [1.29, 1.82) is 0 Å². The van der Waals surface area contributed by atoms with Crippen LogP contribution in [0.4, 0.5) is 21.5 Å². The first kappa shape index (κ1) is 20.8. The molecule has 1 aliphatic heterocycles. The lowest BCUT2D eigenvalue weighted by Crippen LogP contribution is -2.37. The molecule has 1 aliphatic rings. The lowest BCUT2D eigenvalue weighted by Gasteiger charge is -2.23. The first-order valence-corrected chi connectivity index (χ1v) is 10.1. The van der Waals surface area contributed by atoms with E-state index in [1.54, 1.807) is 13.0 Å². The molecule has 31 heavy (non-hydrogen) atoms. The number of furan rings is 1. The number of hydrogen-bond acceptors (Lipinski definition) is 6. The second-order valence-electron chi connectivity index (χ2n) is 8.47. The van der Waals surface area contributed by atoms with Gasteiger partial charge in [-0.3, -0.25) is 14.4 Å². The van der Waals surface area contributed by atoms with Crippen LogP contribution in [-0.2, 0) is 5.54 Å². The Balaban J connectivity index is 1.74. The Hall–Kier alpha value is -3.42. The van der Waals surface area contributed by atoms with Crippen LogP contribution < -0.4 is 26.8 Å². The van der Waals surface area contributed by atoms with Gasteiger partial charge >= 0.3 is 0 Å². The molecule has 2 aromatic carbocycles. The van der Waals surface area contributed by atoms with Crippen LogP contribution in [0.25, 0.3) is 0 Å². The van der Waals surface area contributed by atoms with Crippen LogP contribution >= 0.6 is 0 Å². The third-order valence-electron chi connectivity index (χ3n) is 5.75. The van der Waals surface area contributed by atoms with E-state index in [2.05, 4.69) is 16.0 Å². The summed E-state index contributed by atoms with van der Waals surface area (Å²) in [7, 11) is 0. The van der Waals surface area contributed by atoms with Gasteiger partial charge < -0.3 is 20.4 Å². The van der Waals surface area contributed by atoms with E-state index in [1.165, 1.54) is 6.07 Å². The molecule has 1 amide bonds. The van der Waals surface area contributed by atoms with Crippen molar-refractivity contribution in [3.05, 3.63) is 72.7 Å². The summed E-state index contributed by atoms with van der Waals surface area (Å²) in [4.78, 5) is 37.2. The molecule has 2 heterocycles. The van der Waals surface area contributed by atoms with Crippen molar-refractivity contribution < 1.29 is 13.6 Å². The molecule has 0 bridgehead atoms. The molecule has 0 spiro atoms. The van der Waals surface area contributed by atoms with Crippen molar-refractivity contribution >= 4 is 23.0 Å². The number of benzene rings is 1. The fourth-order valence-corrected chi connectivity index (χ4v) is 4.30. The van der Waals surface area contributed by atoms with E-state index in [0.29, 0.717) is 23.3 Å². The highest BCUT2D eigenvalue weighted by atomic mass is 19.1. The molecule has 162 valence electrons. The summed E-state index contributed by atoms with van der Waals surface area (Å²) in [6.07, 6.45) is 0.593. The molecule has 0 aliphatic carbocycles. The molecule has 0 saturated carbocycles. The SMILES string of the molecule is CCC(Nc1c(Nc2c(F)cc(C)c3c2C(=O)NC3(C)C)c(=O)c1=O)c1ccc(C)o1. The highest BCUT2D eigenvalue weighted by Gasteiger charge is 2.40. The quantitative estimate of drug-likeness (QED) is 0.518. The van der Waals surface area contributed by atoms with Gasteiger partial charge in [0, 0.05) is 0 Å². The van der Waals surface area contributed by atoms with E-state index in [9.17, 15) is 18.8 Å². The number of amides is 1. The minimum absolute atomic E-state index is 0.0530. The van der Waals surface area contributed by atoms with Gasteiger partial charge in [-0.25, -0.2) is 4.39 Å². The van der Waals surface area contributed by atoms with Crippen LogP contribution in [0.5, 0.6) is 0 Å². The number of carbonyl (C=O) groups excluding carboxylic acids is 1. The zero-order chi connectivity index (χ0) is 22.7. The first-order chi connectivity index (χ1) is 14.5. The molecule has 1 unspecified atom stereocenters. The topological polar surface area (TPSA) is 100 Å². The largest absolute Gasteiger partial charge is 0.464 e. The minimum atomic E-state index is -0.764. The second-order valence-corrected chi connectivity index (χ2v) is 8.47. The van der Waals surface area contributed by atoms with Crippen molar-refractivity contribution in [2.45, 2.75) is 52.6 Å². The average Bonchev–Trinajstić information content (AvgIpc) is 3.23. The van der Waals surface area contributed by atoms with Crippen molar-refractivity contribution in [3.8, 4) is 0 Å². The second kappa shape index (κ2) is 7.08. The smallest absolute Gasteiger partial charge is 0.254 e. The van der Waals surface area contributed by atoms with Gasteiger partial charge in [0.1, 0.15) is 28.7 Å². The highest BCUT2D eigenvalue weighted by Crippen LogP contribution is 2.40. The van der Waals surface area contributed by atoms with E-state index < -0.39 is 28.1 Å². The van der Waals surface area contributed by atoms with Crippen LogP contribution in [0.2, 0.25) is 0 Å². The van der Waals surface area contributed by atoms with E-state index in [1.807, 2.05) is 33.8 Å². The molecule has 8 heteroatoms. The third kappa shape index (κ3) is 3.22. The number of aryl methyl sites for hydroxylation is 2. The number of halogens is 1. The van der Waals surface area contributed by atoms with E-state index in [-0.39, 0.29) is 28.7 Å². The zero-order valence-corrected chi connectivity index (χ0v) is 18.0. The van der Waals surface area contributed by atoms with Crippen LogP contribution in [0.15, 0.2) is 32.2 Å². The van der Waals surface area contributed by atoms with E-state index in [0.717, 1.165) is 5.76 Å². The Morgan fingerprint density at radius 3 is 2.39 bits per heavy atom. The predicted molar refractivity (Wildman–Crippen MR) is 116 cm³/mol. The van der Waals surface area contributed by atoms with Gasteiger partial charge in [0.2, 0.25) is 0 Å². The Kier molecular flexibility index (Phi) is 4.76.